The Kier molecular flexibility index (Phi) is 5.86. The van der Waals surface area contributed by atoms with Crippen LogP contribution >= 0.6 is 0 Å². The van der Waals surface area contributed by atoms with Crippen LogP contribution in [0.1, 0.15) is 18.1 Å². The second kappa shape index (κ2) is 8.49. The van der Waals surface area contributed by atoms with E-state index >= 15 is 0 Å². The van der Waals surface area contributed by atoms with Crippen molar-refractivity contribution in [2.24, 2.45) is 0 Å². The fourth-order valence-electron chi connectivity index (χ4n) is 2.74. The van der Waals surface area contributed by atoms with E-state index in [4.69, 9.17) is 9.47 Å². The highest BCUT2D eigenvalue weighted by Crippen LogP contribution is 2.16. The minimum absolute atomic E-state index is 0.0192. The monoisotopic (exact) mass is 337 g/mol. The Morgan fingerprint density at radius 3 is 2.88 bits per heavy atom. The van der Waals surface area contributed by atoms with Crippen molar-refractivity contribution >= 4 is 12.0 Å². The van der Waals surface area contributed by atoms with Gasteiger partial charge in [-0.3, -0.25) is 4.79 Å². The van der Waals surface area contributed by atoms with E-state index in [9.17, 15) is 4.79 Å². The van der Waals surface area contributed by atoms with E-state index < -0.39 is 0 Å². The number of hydrogen-bond donors (Lipinski definition) is 0. The quantitative estimate of drug-likeness (QED) is 0.784. The van der Waals surface area contributed by atoms with Gasteiger partial charge in [-0.25, -0.2) is 0 Å². The molecule has 0 radical (unpaired) electrons. The van der Waals surface area contributed by atoms with Crippen LogP contribution in [0.3, 0.4) is 0 Å². The van der Waals surface area contributed by atoms with Crippen LogP contribution in [-0.4, -0.2) is 36.6 Å². The van der Waals surface area contributed by atoms with Crippen LogP contribution in [0.15, 0.2) is 60.7 Å². The van der Waals surface area contributed by atoms with Crippen LogP contribution in [0.4, 0.5) is 0 Å². The van der Waals surface area contributed by atoms with Crippen LogP contribution in [-0.2, 0) is 16.1 Å². The number of benzene rings is 2. The van der Waals surface area contributed by atoms with Gasteiger partial charge < -0.3 is 14.4 Å². The molecule has 130 valence electrons. The predicted octanol–water partition coefficient (Wildman–Crippen LogP) is 3.53. The zero-order valence-electron chi connectivity index (χ0n) is 14.4. The van der Waals surface area contributed by atoms with Gasteiger partial charge in [-0.15, -0.1) is 0 Å². The van der Waals surface area contributed by atoms with Crippen molar-refractivity contribution in [1.82, 2.24) is 4.90 Å². The Balaban J connectivity index is 1.58. The van der Waals surface area contributed by atoms with E-state index in [1.54, 1.807) is 6.08 Å². The minimum atomic E-state index is 0.0192. The van der Waals surface area contributed by atoms with Crippen molar-refractivity contribution in [3.63, 3.8) is 0 Å². The maximum Gasteiger partial charge on any atom is 0.246 e. The van der Waals surface area contributed by atoms with E-state index in [0.717, 1.165) is 16.9 Å². The lowest BCUT2D eigenvalue weighted by Crippen LogP contribution is -2.43. The summed E-state index contributed by atoms with van der Waals surface area (Å²) in [5.41, 5.74) is 2.07. The Bertz CT molecular complexity index is 727. The molecule has 1 saturated heterocycles. The molecule has 0 spiro atoms. The van der Waals surface area contributed by atoms with Gasteiger partial charge in [-0.1, -0.05) is 42.5 Å². The Labute approximate surface area is 148 Å². The van der Waals surface area contributed by atoms with Gasteiger partial charge in [0.25, 0.3) is 0 Å². The average molecular weight is 337 g/mol. The van der Waals surface area contributed by atoms with Crippen LogP contribution < -0.4 is 4.74 Å². The predicted molar refractivity (Wildman–Crippen MR) is 98.2 cm³/mol. The number of nitrogens with zero attached hydrogens (tertiary/aromatic N) is 1. The van der Waals surface area contributed by atoms with E-state index in [1.165, 1.54) is 0 Å². The zero-order chi connectivity index (χ0) is 17.5. The fraction of sp³-hybridized carbons (Fsp3) is 0.286. The van der Waals surface area contributed by atoms with Crippen molar-refractivity contribution in [1.29, 1.82) is 0 Å². The number of carbonyl (C=O) groups is 1. The molecule has 1 unspecified atom stereocenters. The molecule has 0 aliphatic carbocycles. The number of amides is 1. The summed E-state index contributed by atoms with van der Waals surface area (Å²) in [7, 11) is 0. The van der Waals surface area contributed by atoms with E-state index in [0.29, 0.717) is 26.3 Å². The average Bonchev–Trinajstić information content (AvgIpc) is 2.66. The molecule has 1 atom stereocenters. The lowest BCUT2D eigenvalue weighted by atomic mass is 10.2. The summed E-state index contributed by atoms with van der Waals surface area (Å²) in [6.07, 6.45) is 3.55. The van der Waals surface area contributed by atoms with Gasteiger partial charge >= 0.3 is 0 Å². The Morgan fingerprint density at radius 1 is 1.24 bits per heavy atom. The van der Waals surface area contributed by atoms with E-state index in [2.05, 4.69) is 0 Å². The third-order valence-corrected chi connectivity index (χ3v) is 4.08. The molecule has 4 nitrogen and oxygen atoms in total. The third kappa shape index (κ3) is 5.19. The van der Waals surface area contributed by atoms with Gasteiger partial charge in [0.1, 0.15) is 12.4 Å². The number of carbonyl (C=O) groups excluding carboxylic acids is 1. The Morgan fingerprint density at radius 2 is 2.08 bits per heavy atom. The normalized spacial score (nSPS) is 17.6. The smallest absolute Gasteiger partial charge is 0.246 e. The van der Waals surface area contributed by atoms with Crippen molar-refractivity contribution in [3.8, 4) is 5.75 Å². The first-order valence-corrected chi connectivity index (χ1v) is 8.56. The standard InChI is InChI=1S/C21H23NO3/c1-17-15-22(12-13-24-17)21(23)11-10-18-8-5-9-20(14-18)25-16-19-6-3-2-4-7-19/h2-11,14,17H,12-13,15-16H2,1H3. The summed E-state index contributed by atoms with van der Waals surface area (Å²) in [4.78, 5) is 14.1. The maximum atomic E-state index is 12.3. The first-order chi connectivity index (χ1) is 12.2. The summed E-state index contributed by atoms with van der Waals surface area (Å²) in [6.45, 7) is 4.40. The zero-order valence-corrected chi connectivity index (χ0v) is 14.4. The molecule has 3 rings (SSSR count). The topological polar surface area (TPSA) is 38.8 Å². The number of rotatable bonds is 5. The molecule has 1 fully saturated rings. The van der Waals surface area contributed by atoms with Crippen LogP contribution in [0.5, 0.6) is 5.75 Å². The number of morpholine rings is 1. The molecule has 0 aromatic heterocycles. The van der Waals surface area contributed by atoms with Gasteiger partial charge in [0.2, 0.25) is 5.91 Å². The van der Waals surface area contributed by atoms with Gasteiger partial charge in [0.15, 0.2) is 0 Å². The molecule has 1 heterocycles. The van der Waals surface area contributed by atoms with Crippen LogP contribution in [0.25, 0.3) is 6.08 Å². The fourth-order valence-corrected chi connectivity index (χ4v) is 2.74. The maximum absolute atomic E-state index is 12.3. The number of hydrogen-bond acceptors (Lipinski definition) is 3. The molecule has 0 saturated carbocycles. The molecule has 2 aromatic carbocycles. The highest BCUT2D eigenvalue weighted by atomic mass is 16.5. The van der Waals surface area contributed by atoms with E-state index in [-0.39, 0.29) is 12.0 Å². The highest BCUT2D eigenvalue weighted by Gasteiger charge is 2.19. The Hall–Kier alpha value is -2.59. The van der Waals surface area contributed by atoms with Crippen molar-refractivity contribution in [3.05, 3.63) is 71.8 Å². The van der Waals surface area contributed by atoms with Gasteiger partial charge in [0.05, 0.1) is 12.7 Å². The lowest BCUT2D eigenvalue weighted by Gasteiger charge is -2.30. The molecular weight excluding hydrogens is 314 g/mol. The number of ether oxygens (including phenoxy) is 2. The van der Waals surface area contributed by atoms with E-state index in [1.807, 2.05) is 72.5 Å². The molecular formula is C21H23NO3. The second-order valence-electron chi connectivity index (χ2n) is 6.15. The minimum Gasteiger partial charge on any atom is -0.489 e. The van der Waals surface area contributed by atoms with Crippen molar-refractivity contribution < 1.29 is 14.3 Å². The van der Waals surface area contributed by atoms with Gasteiger partial charge in [-0.2, -0.15) is 0 Å². The molecule has 0 N–H and O–H groups in total. The second-order valence-corrected chi connectivity index (χ2v) is 6.15. The molecule has 25 heavy (non-hydrogen) atoms. The summed E-state index contributed by atoms with van der Waals surface area (Å²) in [6, 6.07) is 17.8. The summed E-state index contributed by atoms with van der Waals surface area (Å²) < 4.78 is 11.3. The SMILES string of the molecule is CC1CN(C(=O)C=Cc2cccc(OCc3ccccc3)c2)CCO1. The van der Waals surface area contributed by atoms with Crippen molar-refractivity contribution in [2.45, 2.75) is 19.6 Å². The molecule has 1 aliphatic heterocycles. The third-order valence-electron chi connectivity index (χ3n) is 4.08. The molecule has 1 amide bonds. The van der Waals surface area contributed by atoms with Gasteiger partial charge in [0, 0.05) is 19.2 Å². The van der Waals surface area contributed by atoms with Crippen molar-refractivity contribution in [2.75, 3.05) is 19.7 Å². The summed E-state index contributed by atoms with van der Waals surface area (Å²) in [5, 5.41) is 0. The summed E-state index contributed by atoms with van der Waals surface area (Å²) in [5.74, 6) is 0.809. The lowest BCUT2D eigenvalue weighted by molar-refractivity contribution is -0.132. The first kappa shape index (κ1) is 17.2. The first-order valence-electron chi connectivity index (χ1n) is 8.56. The van der Waals surface area contributed by atoms with Crippen LogP contribution in [0.2, 0.25) is 0 Å². The molecule has 4 heteroatoms. The summed E-state index contributed by atoms with van der Waals surface area (Å²) >= 11 is 0. The molecule has 0 bridgehead atoms. The molecule has 2 aromatic rings. The molecule has 1 aliphatic rings. The van der Waals surface area contributed by atoms with Crippen LogP contribution in [0, 0.1) is 0 Å². The largest absolute Gasteiger partial charge is 0.489 e. The van der Waals surface area contributed by atoms with Gasteiger partial charge in [-0.05, 0) is 36.3 Å². The highest BCUT2D eigenvalue weighted by molar-refractivity contribution is 5.91.